The van der Waals surface area contributed by atoms with E-state index < -0.39 is 0 Å². The summed E-state index contributed by atoms with van der Waals surface area (Å²) in [7, 11) is 0. The van der Waals surface area contributed by atoms with Crippen molar-refractivity contribution >= 4 is 0 Å². The lowest BCUT2D eigenvalue weighted by molar-refractivity contribution is 0.108. The Morgan fingerprint density at radius 3 is 2.44 bits per heavy atom. The fourth-order valence-electron chi connectivity index (χ4n) is 2.72. The van der Waals surface area contributed by atoms with Crippen LogP contribution in [0.2, 0.25) is 0 Å². The van der Waals surface area contributed by atoms with E-state index in [0.717, 1.165) is 25.2 Å². The van der Waals surface area contributed by atoms with Crippen LogP contribution in [0.4, 0.5) is 0 Å². The first-order valence-electron chi connectivity index (χ1n) is 7.23. The molecule has 0 spiro atoms. The predicted molar refractivity (Wildman–Crippen MR) is 75.7 cm³/mol. The van der Waals surface area contributed by atoms with Crippen molar-refractivity contribution in [2.75, 3.05) is 19.6 Å². The Kier molecular flexibility index (Phi) is 5.21. The molecular weight excluding hydrogens is 222 g/mol. The van der Waals surface area contributed by atoms with Gasteiger partial charge in [0.25, 0.3) is 0 Å². The molecule has 2 nitrogen and oxygen atoms in total. The van der Waals surface area contributed by atoms with Gasteiger partial charge in [0.2, 0.25) is 0 Å². The van der Waals surface area contributed by atoms with E-state index in [9.17, 15) is 5.11 Å². The predicted octanol–water partition coefficient (Wildman–Crippen LogP) is 3.29. The Labute approximate surface area is 111 Å². The van der Waals surface area contributed by atoms with Crippen LogP contribution in [0, 0.1) is 6.92 Å². The number of nitrogens with zero attached hydrogens (tertiary/aromatic N) is 1. The molecule has 0 bridgehead atoms. The van der Waals surface area contributed by atoms with Crippen molar-refractivity contribution in [3.8, 4) is 0 Å². The smallest absolute Gasteiger partial charge is 0.0917 e. The van der Waals surface area contributed by atoms with Crippen molar-refractivity contribution in [3.05, 3.63) is 35.4 Å². The maximum atomic E-state index is 10.3. The highest BCUT2D eigenvalue weighted by Crippen LogP contribution is 2.18. The topological polar surface area (TPSA) is 23.5 Å². The lowest BCUT2D eigenvalue weighted by Crippen LogP contribution is -2.31. The molecule has 1 aliphatic rings. The molecule has 1 unspecified atom stereocenters. The summed E-state index contributed by atoms with van der Waals surface area (Å²) in [6.45, 7) is 5.14. The monoisotopic (exact) mass is 247 g/mol. The van der Waals surface area contributed by atoms with E-state index in [2.05, 4.69) is 24.0 Å². The summed E-state index contributed by atoms with van der Waals surface area (Å²) in [5, 5.41) is 10.3. The van der Waals surface area contributed by atoms with Crippen molar-refractivity contribution in [2.45, 2.75) is 45.1 Å². The zero-order valence-corrected chi connectivity index (χ0v) is 11.4. The molecule has 1 aliphatic heterocycles. The molecule has 2 rings (SSSR count). The summed E-state index contributed by atoms with van der Waals surface area (Å²) in [5.74, 6) is 0. The minimum atomic E-state index is -0.343. The molecule has 1 fully saturated rings. The zero-order valence-electron chi connectivity index (χ0n) is 11.4. The second-order valence-electron chi connectivity index (χ2n) is 5.50. The number of β-amino-alcohol motifs (C(OH)–C–C–N with tert-alkyl or cyclic N) is 1. The highest BCUT2D eigenvalue weighted by Gasteiger charge is 2.14. The Balaban J connectivity index is 1.90. The van der Waals surface area contributed by atoms with Gasteiger partial charge in [-0.1, -0.05) is 49.1 Å². The van der Waals surface area contributed by atoms with Gasteiger partial charge in [0.05, 0.1) is 6.10 Å². The lowest BCUT2D eigenvalue weighted by Gasteiger charge is -2.27. The molecule has 0 saturated carbocycles. The maximum Gasteiger partial charge on any atom is 0.0917 e. The first-order chi connectivity index (χ1) is 8.75. The van der Waals surface area contributed by atoms with Crippen LogP contribution in [-0.2, 0) is 0 Å². The summed E-state index contributed by atoms with van der Waals surface area (Å²) in [4.78, 5) is 2.42. The molecule has 0 amide bonds. The van der Waals surface area contributed by atoms with E-state index in [4.69, 9.17) is 0 Å². The number of likely N-dealkylation sites (tertiary alicyclic amines) is 1. The number of benzene rings is 1. The van der Waals surface area contributed by atoms with Gasteiger partial charge in [-0.3, -0.25) is 0 Å². The fourth-order valence-corrected chi connectivity index (χ4v) is 2.72. The molecule has 2 heteroatoms. The number of aliphatic hydroxyl groups is 1. The quantitative estimate of drug-likeness (QED) is 0.886. The van der Waals surface area contributed by atoms with Crippen LogP contribution in [0.1, 0.15) is 49.3 Å². The van der Waals surface area contributed by atoms with Gasteiger partial charge in [0, 0.05) is 6.54 Å². The second-order valence-corrected chi connectivity index (χ2v) is 5.50. The first-order valence-corrected chi connectivity index (χ1v) is 7.23. The third-order valence-corrected chi connectivity index (χ3v) is 3.81. The van der Waals surface area contributed by atoms with E-state index in [1.807, 2.05) is 12.1 Å². The summed E-state index contributed by atoms with van der Waals surface area (Å²) in [5.41, 5.74) is 2.27. The highest BCUT2D eigenvalue weighted by atomic mass is 16.3. The molecule has 1 aromatic carbocycles. The molecule has 0 aromatic heterocycles. The molecule has 1 N–H and O–H groups in total. The van der Waals surface area contributed by atoms with Gasteiger partial charge >= 0.3 is 0 Å². The SMILES string of the molecule is Cc1cccc(C(O)CN2CCCCCCC2)c1. The lowest BCUT2D eigenvalue weighted by atomic mass is 10.0. The van der Waals surface area contributed by atoms with Crippen LogP contribution in [0.3, 0.4) is 0 Å². The van der Waals surface area contributed by atoms with Gasteiger partial charge in [-0.25, -0.2) is 0 Å². The van der Waals surface area contributed by atoms with Crippen LogP contribution in [0.15, 0.2) is 24.3 Å². The average molecular weight is 247 g/mol. The van der Waals surface area contributed by atoms with Crippen LogP contribution >= 0.6 is 0 Å². The van der Waals surface area contributed by atoms with Crippen LogP contribution < -0.4 is 0 Å². The number of aliphatic hydroxyl groups excluding tert-OH is 1. The number of aryl methyl sites for hydroxylation is 1. The Hall–Kier alpha value is -0.860. The van der Waals surface area contributed by atoms with Crippen molar-refractivity contribution in [1.29, 1.82) is 0 Å². The van der Waals surface area contributed by atoms with Gasteiger partial charge in [0.1, 0.15) is 0 Å². The number of rotatable bonds is 3. The number of hydrogen-bond donors (Lipinski definition) is 1. The van der Waals surface area contributed by atoms with E-state index >= 15 is 0 Å². The molecule has 0 aliphatic carbocycles. The minimum absolute atomic E-state index is 0.343. The Morgan fingerprint density at radius 1 is 1.11 bits per heavy atom. The number of hydrogen-bond acceptors (Lipinski definition) is 2. The van der Waals surface area contributed by atoms with Gasteiger partial charge in [-0.2, -0.15) is 0 Å². The molecule has 1 aromatic rings. The summed E-state index contributed by atoms with van der Waals surface area (Å²) < 4.78 is 0. The first kappa shape index (κ1) is 13.6. The standard InChI is InChI=1S/C16H25NO/c1-14-8-7-9-15(12-14)16(18)13-17-10-5-3-2-4-6-11-17/h7-9,12,16,18H,2-6,10-11,13H2,1H3. The van der Waals surface area contributed by atoms with Crippen LogP contribution in [0.5, 0.6) is 0 Å². The van der Waals surface area contributed by atoms with Crippen molar-refractivity contribution < 1.29 is 5.11 Å². The van der Waals surface area contributed by atoms with E-state index in [0.29, 0.717) is 0 Å². The third kappa shape index (κ3) is 4.11. The van der Waals surface area contributed by atoms with Gasteiger partial charge in [-0.15, -0.1) is 0 Å². The van der Waals surface area contributed by atoms with E-state index in [1.165, 1.54) is 37.7 Å². The second kappa shape index (κ2) is 6.91. The van der Waals surface area contributed by atoms with E-state index in [-0.39, 0.29) is 6.10 Å². The maximum absolute atomic E-state index is 10.3. The minimum Gasteiger partial charge on any atom is -0.387 e. The average Bonchev–Trinajstić information content (AvgIpc) is 2.32. The molecule has 100 valence electrons. The van der Waals surface area contributed by atoms with E-state index in [1.54, 1.807) is 0 Å². The molecule has 18 heavy (non-hydrogen) atoms. The Morgan fingerprint density at radius 2 is 1.78 bits per heavy atom. The van der Waals surface area contributed by atoms with Gasteiger partial charge in [-0.05, 0) is 38.4 Å². The highest BCUT2D eigenvalue weighted by molar-refractivity contribution is 5.24. The third-order valence-electron chi connectivity index (χ3n) is 3.81. The van der Waals surface area contributed by atoms with Gasteiger partial charge in [0.15, 0.2) is 0 Å². The molecule has 1 atom stereocenters. The molecule has 0 radical (unpaired) electrons. The molecule has 1 saturated heterocycles. The van der Waals surface area contributed by atoms with Crippen molar-refractivity contribution in [3.63, 3.8) is 0 Å². The largest absolute Gasteiger partial charge is 0.387 e. The summed E-state index contributed by atoms with van der Waals surface area (Å²) >= 11 is 0. The summed E-state index contributed by atoms with van der Waals surface area (Å²) in [6, 6.07) is 8.23. The van der Waals surface area contributed by atoms with Crippen LogP contribution in [0.25, 0.3) is 0 Å². The van der Waals surface area contributed by atoms with Crippen LogP contribution in [-0.4, -0.2) is 29.6 Å². The normalized spacial score (nSPS) is 20.1. The van der Waals surface area contributed by atoms with Crippen molar-refractivity contribution in [2.24, 2.45) is 0 Å². The molecular formula is C16H25NO. The molecule has 1 heterocycles. The summed E-state index contributed by atoms with van der Waals surface area (Å²) in [6.07, 6.45) is 6.29. The van der Waals surface area contributed by atoms with Gasteiger partial charge < -0.3 is 10.0 Å². The zero-order chi connectivity index (χ0) is 12.8. The van der Waals surface area contributed by atoms with Crippen molar-refractivity contribution in [1.82, 2.24) is 4.90 Å². The Bertz CT molecular complexity index is 356. The fraction of sp³-hybridized carbons (Fsp3) is 0.625.